The molecule has 1 atom stereocenters. The molecule has 1 fully saturated rings. The average Bonchev–Trinajstić information content (AvgIpc) is 2.83. The molecule has 1 amide bonds. The highest BCUT2D eigenvalue weighted by Gasteiger charge is 2.29. The summed E-state index contributed by atoms with van der Waals surface area (Å²) in [5.41, 5.74) is 0.223. The van der Waals surface area contributed by atoms with Crippen LogP contribution in [0.4, 0.5) is 0 Å². The summed E-state index contributed by atoms with van der Waals surface area (Å²) in [6, 6.07) is 6.03. The zero-order chi connectivity index (χ0) is 16.2. The van der Waals surface area contributed by atoms with Crippen LogP contribution < -0.4 is 10.1 Å². The molecule has 0 bridgehead atoms. The summed E-state index contributed by atoms with van der Waals surface area (Å²) >= 11 is 0. The first-order valence-electron chi connectivity index (χ1n) is 6.71. The maximum Gasteiger partial charge on any atom is 0.341 e. The lowest BCUT2D eigenvalue weighted by molar-refractivity contribution is -0.123. The van der Waals surface area contributed by atoms with Crippen LogP contribution in [0.3, 0.4) is 0 Å². The fourth-order valence-corrected chi connectivity index (χ4v) is 3.87. The number of para-hydroxylation sites is 1. The fraction of sp³-hybridized carbons (Fsp3) is 0.429. The van der Waals surface area contributed by atoms with E-state index >= 15 is 0 Å². The molecular formula is C14H17NO6S. The summed E-state index contributed by atoms with van der Waals surface area (Å²) in [5, 5.41) is 2.61. The number of rotatable bonds is 5. The molecule has 8 heteroatoms. The Labute approximate surface area is 128 Å². The molecule has 1 aliphatic heterocycles. The molecule has 0 aromatic heterocycles. The Balaban J connectivity index is 1.91. The molecule has 0 spiro atoms. The van der Waals surface area contributed by atoms with Crippen molar-refractivity contribution in [1.82, 2.24) is 5.32 Å². The van der Waals surface area contributed by atoms with Crippen LogP contribution in [0.5, 0.6) is 5.75 Å². The van der Waals surface area contributed by atoms with Gasteiger partial charge in [-0.15, -0.1) is 0 Å². The van der Waals surface area contributed by atoms with Crippen LogP contribution in [0.25, 0.3) is 0 Å². The molecule has 7 nitrogen and oxygen atoms in total. The Morgan fingerprint density at radius 2 is 2.05 bits per heavy atom. The van der Waals surface area contributed by atoms with Gasteiger partial charge in [0.2, 0.25) is 0 Å². The predicted octanol–water partition coefficient (Wildman–Crippen LogP) is 0.155. The molecular weight excluding hydrogens is 310 g/mol. The van der Waals surface area contributed by atoms with Crippen molar-refractivity contribution < 1.29 is 27.5 Å². The average molecular weight is 327 g/mol. The summed E-state index contributed by atoms with van der Waals surface area (Å²) in [6.07, 6.45) is 0.410. The number of amides is 1. The lowest BCUT2D eigenvalue weighted by Gasteiger charge is -2.13. The maximum atomic E-state index is 11.8. The van der Waals surface area contributed by atoms with E-state index < -0.39 is 21.7 Å². The minimum atomic E-state index is -3.05. The van der Waals surface area contributed by atoms with Crippen LogP contribution in [0.15, 0.2) is 24.3 Å². The van der Waals surface area contributed by atoms with E-state index in [9.17, 15) is 18.0 Å². The molecule has 0 saturated carbocycles. The highest BCUT2D eigenvalue weighted by Crippen LogP contribution is 2.18. The third-order valence-corrected chi connectivity index (χ3v) is 5.02. The Hall–Kier alpha value is -2.09. The van der Waals surface area contributed by atoms with Gasteiger partial charge in [-0.3, -0.25) is 4.79 Å². The smallest absolute Gasteiger partial charge is 0.341 e. The van der Waals surface area contributed by atoms with Crippen molar-refractivity contribution in [2.45, 2.75) is 12.5 Å². The van der Waals surface area contributed by atoms with Gasteiger partial charge < -0.3 is 14.8 Å². The number of hydrogen-bond donors (Lipinski definition) is 1. The predicted molar refractivity (Wildman–Crippen MR) is 78.5 cm³/mol. The zero-order valence-corrected chi connectivity index (χ0v) is 12.9. The van der Waals surface area contributed by atoms with Crippen LogP contribution in [-0.2, 0) is 19.4 Å². The van der Waals surface area contributed by atoms with Crippen molar-refractivity contribution in [2.24, 2.45) is 0 Å². The largest absolute Gasteiger partial charge is 0.483 e. The molecule has 0 aliphatic carbocycles. The highest BCUT2D eigenvalue weighted by atomic mass is 32.2. The molecule has 0 unspecified atom stereocenters. The first-order valence-corrected chi connectivity index (χ1v) is 8.53. The van der Waals surface area contributed by atoms with Gasteiger partial charge in [-0.2, -0.15) is 0 Å². The third-order valence-electron chi connectivity index (χ3n) is 3.25. The standard InChI is InChI=1S/C14H17NO6S/c1-20-14(17)11-4-2-3-5-12(11)21-8-13(16)15-10-6-7-22(18,19)9-10/h2-5,10H,6-9H2,1H3,(H,15,16)/t10-/m0/s1. The van der Waals surface area contributed by atoms with Crippen molar-refractivity contribution in [3.8, 4) is 5.75 Å². The summed E-state index contributed by atoms with van der Waals surface area (Å²) in [4.78, 5) is 23.3. The van der Waals surface area contributed by atoms with Gasteiger partial charge in [0, 0.05) is 6.04 Å². The van der Waals surface area contributed by atoms with Crippen molar-refractivity contribution in [3.05, 3.63) is 29.8 Å². The van der Waals surface area contributed by atoms with Crippen molar-refractivity contribution in [3.63, 3.8) is 0 Å². The number of ether oxygens (including phenoxy) is 2. The van der Waals surface area contributed by atoms with Gasteiger partial charge >= 0.3 is 5.97 Å². The molecule has 1 heterocycles. The number of sulfone groups is 1. The minimum Gasteiger partial charge on any atom is -0.483 e. The van der Waals surface area contributed by atoms with Gasteiger partial charge in [0.15, 0.2) is 16.4 Å². The van der Waals surface area contributed by atoms with Crippen LogP contribution in [0, 0.1) is 0 Å². The van der Waals surface area contributed by atoms with E-state index in [1.807, 2.05) is 0 Å². The second-order valence-electron chi connectivity index (χ2n) is 4.94. The second kappa shape index (κ2) is 6.78. The monoisotopic (exact) mass is 327 g/mol. The van der Waals surface area contributed by atoms with E-state index in [1.54, 1.807) is 18.2 Å². The summed E-state index contributed by atoms with van der Waals surface area (Å²) < 4.78 is 32.6. The van der Waals surface area contributed by atoms with Gasteiger partial charge in [0.25, 0.3) is 5.91 Å². The number of carbonyl (C=O) groups is 2. The van der Waals surface area contributed by atoms with E-state index in [0.29, 0.717) is 6.42 Å². The normalized spacial score (nSPS) is 19.4. The van der Waals surface area contributed by atoms with Gasteiger partial charge in [0.1, 0.15) is 11.3 Å². The number of hydrogen-bond acceptors (Lipinski definition) is 6. The number of nitrogens with one attached hydrogen (secondary N) is 1. The van der Waals surface area contributed by atoms with E-state index in [0.717, 1.165) is 0 Å². The Morgan fingerprint density at radius 3 is 2.68 bits per heavy atom. The number of carbonyl (C=O) groups excluding carboxylic acids is 2. The lowest BCUT2D eigenvalue weighted by Crippen LogP contribution is -2.38. The van der Waals surface area contributed by atoms with Crippen LogP contribution >= 0.6 is 0 Å². The molecule has 1 aromatic carbocycles. The summed E-state index contributed by atoms with van der Waals surface area (Å²) in [5.74, 6) is -0.704. The lowest BCUT2D eigenvalue weighted by atomic mass is 10.2. The Morgan fingerprint density at radius 1 is 1.32 bits per heavy atom. The third kappa shape index (κ3) is 4.20. The quantitative estimate of drug-likeness (QED) is 0.773. The molecule has 1 N–H and O–H groups in total. The van der Waals surface area contributed by atoms with Crippen molar-refractivity contribution >= 4 is 21.7 Å². The van der Waals surface area contributed by atoms with Crippen LogP contribution in [0.1, 0.15) is 16.8 Å². The highest BCUT2D eigenvalue weighted by molar-refractivity contribution is 7.91. The maximum absolute atomic E-state index is 11.8. The zero-order valence-electron chi connectivity index (χ0n) is 12.1. The first-order chi connectivity index (χ1) is 10.4. The molecule has 0 radical (unpaired) electrons. The minimum absolute atomic E-state index is 0.0442. The number of benzene rings is 1. The van der Waals surface area contributed by atoms with E-state index in [2.05, 4.69) is 10.1 Å². The molecule has 2 rings (SSSR count). The molecule has 22 heavy (non-hydrogen) atoms. The van der Waals surface area contributed by atoms with Gasteiger partial charge in [-0.25, -0.2) is 13.2 Å². The summed E-state index contributed by atoms with van der Waals surface area (Å²) in [7, 11) is -1.79. The first kappa shape index (κ1) is 16.3. The summed E-state index contributed by atoms with van der Waals surface area (Å²) in [6.45, 7) is -0.301. The molecule has 1 aliphatic rings. The van der Waals surface area contributed by atoms with Crippen molar-refractivity contribution in [1.29, 1.82) is 0 Å². The Bertz CT molecular complexity index is 670. The van der Waals surface area contributed by atoms with E-state index in [4.69, 9.17) is 4.74 Å². The van der Waals surface area contributed by atoms with E-state index in [-0.39, 0.29) is 35.5 Å². The molecule has 120 valence electrons. The van der Waals surface area contributed by atoms with Crippen LogP contribution in [0.2, 0.25) is 0 Å². The molecule has 1 aromatic rings. The Kier molecular flexibility index (Phi) is 5.02. The second-order valence-corrected chi connectivity index (χ2v) is 7.17. The van der Waals surface area contributed by atoms with Gasteiger partial charge in [0.05, 0.1) is 18.6 Å². The topological polar surface area (TPSA) is 98.8 Å². The number of methoxy groups -OCH3 is 1. The van der Waals surface area contributed by atoms with Crippen molar-refractivity contribution in [2.75, 3.05) is 25.2 Å². The van der Waals surface area contributed by atoms with Gasteiger partial charge in [-0.05, 0) is 18.6 Å². The van der Waals surface area contributed by atoms with E-state index in [1.165, 1.54) is 13.2 Å². The SMILES string of the molecule is COC(=O)c1ccccc1OCC(=O)N[C@H]1CCS(=O)(=O)C1. The molecule has 1 saturated heterocycles. The van der Waals surface area contributed by atoms with Crippen LogP contribution in [-0.4, -0.2) is 51.6 Å². The number of esters is 1. The fourth-order valence-electron chi connectivity index (χ4n) is 2.19. The van der Waals surface area contributed by atoms with Gasteiger partial charge in [-0.1, -0.05) is 12.1 Å².